The van der Waals surface area contributed by atoms with Crippen LogP contribution >= 0.6 is 11.3 Å². The van der Waals surface area contributed by atoms with E-state index >= 15 is 0 Å². The third-order valence-electron chi connectivity index (χ3n) is 7.48. The molecular formula is C30H36N6O2S. The van der Waals surface area contributed by atoms with Gasteiger partial charge in [0, 0.05) is 72.8 Å². The largest absolute Gasteiger partial charge is 0.354 e. The standard InChI is InChI=1S/C30H36N6O2S/c1-17(2)30-34-26-20(5)22(28(37)32-16-24-18(3)13-19(4)33-29(24)38)14-23(27(26)39-30)21-7-8-25(31-15-21)36-11-9-35(6)10-12-36/h7-8,13-15,17H,9-12,16H2,1-6H3,(H,32,37)(H,33,38). The number of aromatic nitrogens is 3. The fourth-order valence-corrected chi connectivity index (χ4v) is 6.21. The lowest BCUT2D eigenvalue weighted by Crippen LogP contribution is -2.44. The van der Waals surface area contributed by atoms with E-state index in [9.17, 15) is 9.59 Å². The minimum Gasteiger partial charge on any atom is -0.354 e. The number of nitrogens with zero attached hydrogens (tertiary/aromatic N) is 4. The molecule has 2 N–H and O–H groups in total. The van der Waals surface area contributed by atoms with Crippen LogP contribution in [0.4, 0.5) is 5.82 Å². The van der Waals surface area contributed by atoms with Gasteiger partial charge in [-0.2, -0.15) is 0 Å². The number of likely N-dealkylation sites (N-methyl/N-ethyl adjacent to an activating group) is 1. The second-order valence-electron chi connectivity index (χ2n) is 10.8. The summed E-state index contributed by atoms with van der Waals surface area (Å²) >= 11 is 1.68. The predicted molar refractivity (Wildman–Crippen MR) is 159 cm³/mol. The van der Waals surface area contributed by atoms with Crippen molar-refractivity contribution in [2.24, 2.45) is 0 Å². The van der Waals surface area contributed by atoms with E-state index in [0.29, 0.717) is 11.1 Å². The smallest absolute Gasteiger partial charge is 0.253 e. The molecule has 1 aromatic carbocycles. The van der Waals surface area contributed by atoms with Crippen LogP contribution in [0, 0.1) is 20.8 Å². The first-order chi connectivity index (χ1) is 18.6. The SMILES string of the molecule is Cc1cc(C)c(CNC(=O)c2cc(-c3ccc(N4CCN(C)CC4)nc3)c3sc(C(C)C)nc3c2C)c(=O)[nH]1. The summed E-state index contributed by atoms with van der Waals surface area (Å²) in [7, 11) is 2.14. The van der Waals surface area contributed by atoms with Gasteiger partial charge in [-0.15, -0.1) is 11.3 Å². The first-order valence-electron chi connectivity index (χ1n) is 13.4. The molecule has 39 heavy (non-hydrogen) atoms. The number of thiazole rings is 1. The number of nitrogens with one attached hydrogen (secondary N) is 2. The van der Waals surface area contributed by atoms with Crippen LogP contribution in [0.25, 0.3) is 21.3 Å². The van der Waals surface area contributed by atoms with Crippen LogP contribution in [0.1, 0.15) is 57.5 Å². The maximum absolute atomic E-state index is 13.5. The fourth-order valence-electron chi connectivity index (χ4n) is 5.05. The van der Waals surface area contributed by atoms with Gasteiger partial charge in [0.15, 0.2) is 0 Å². The Morgan fingerprint density at radius 2 is 1.87 bits per heavy atom. The molecule has 9 heteroatoms. The van der Waals surface area contributed by atoms with Gasteiger partial charge in [-0.05, 0) is 63.2 Å². The van der Waals surface area contributed by atoms with E-state index < -0.39 is 0 Å². The summed E-state index contributed by atoms with van der Waals surface area (Å²) < 4.78 is 1.06. The molecule has 4 heterocycles. The van der Waals surface area contributed by atoms with Crippen molar-refractivity contribution in [2.75, 3.05) is 38.1 Å². The Labute approximate surface area is 233 Å². The molecule has 0 radical (unpaired) electrons. The van der Waals surface area contributed by atoms with Gasteiger partial charge >= 0.3 is 0 Å². The van der Waals surface area contributed by atoms with E-state index in [0.717, 1.165) is 75.2 Å². The summed E-state index contributed by atoms with van der Waals surface area (Å²) in [6, 6.07) is 8.03. The predicted octanol–water partition coefficient (Wildman–Crippen LogP) is 4.78. The van der Waals surface area contributed by atoms with Crippen LogP contribution in [0.3, 0.4) is 0 Å². The molecule has 8 nitrogen and oxygen atoms in total. The topological polar surface area (TPSA) is 94.2 Å². The average molecular weight is 545 g/mol. The number of aromatic amines is 1. The van der Waals surface area contributed by atoms with Crippen molar-refractivity contribution in [1.82, 2.24) is 25.2 Å². The average Bonchev–Trinajstić information content (AvgIpc) is 3.36. The monoisotopic (exact) mass is 544 g/mol. The van der Waals surface area contributed by atoms with E-state index in [-0.39, 0.29) is 23.9 Å². The number of anilines is 1. The Morgan fingerprint density at radius 1 is 1.13 bits per heavy atom. The van der Waals surface area contributed by atoms with Gasteiger partial charge in [-0.3, -0.25) is 9.59 Å². The molecule has 1 saturated heterocycles. The minimum absolute atomic E-state index is 0.155. The lowest BCUT2D eigenvalue weighted by molar-refractivity contribution is 0.0950. The summed E-state index contributed by atoms with van der Waals surface area (Å²) in [5.74, 6) is 1.02. The van der Waals surface area contributed by atoms with Crippen LogP contribution in [0.15, 0.2) is 35.3 Å². The van der Waals surface area contributed by atoms with Crippen molar-refractivity contribution in [3.05, 3.63) is 73.8 Å². The molecule has 1 fully saturated rings. The molecule has 0 bridgehead atoms. The summed E-state index contributed by atoms with van der Waals surface area (Å²) in [6.45, 7) is 14.1. The van der Waals surface area contributed by atoms with Crippen LogP contribution in [0.2, 0.25) is 0 Å². The van der Waals surface area contributed by atoms with Crippen molar-refractivity contribution < 1.29 is 4.79 Å². The molecule has 1 aliphatic heterocycles. The van der Waals surface area contributed by atoms with Gasteiger partial charge in [0.05, 0.1) is 15.2 Å². The number of H-pyrrole nitrogens is 1. The quantitative estimate of drug-likeness (QED) is 0.363. The van der Waals surface area contributed by atoms with Crippen molar-refractivity contribution in [2.45, 2.75) is 47.1 Å². The van der Waals surface area contributed by atoms with E-state index in [1.807, 2.05) is 39.1 Å². The summed E-state index contributed by atoms with van der Waals surface area (Å²) in [6.07, 6.45) is 1.91. The summed E-state index contributed by atoms with van der Waals surface area (Å²) in [5, 5.41) is 4.01. The Morgan fingerprint density at radius 3 is 2.51 bits per heavy atom. The molecule has 0 spiro atoms. The number of fused-ring (bicyclic) bond motifs is 1. The maximum Gasteiger partial charge on any atom is 0.253 e. The number of benzene rings is 1. The van der Waals surface area contributed by atoms with Gasteiger partial charge in [0.25, 0.3) is 11.5 Å². The first kappa shape index (κ1) is 27.0. The minimum atomic E-state index is -0.226. The highest BCUT2D eigenvalue weighted by molar-refractivity contribution is 7.19. The number of carbonyl (C=O) groups is 1. The number of pyridine rings is 2. The Bertz CT molecular complexity index is 1580. The lowest BCUT2D eigenvalue weighted by atomic mass is 9.98. The highest BCUT2D eigenvalue weighted by Gasteiger charge is 2.22. The third kappa shape index (κ3) is 5.46. The van der Waals surface area contributed by atoms with Crippen molar-refractivity contribution in [3.8, 4) is 11.1 Å². The Balaban J connectivity index is 1.51. The maximum atomic E-state index is 13.5. The zero-order valence-corrected chi connectivity index (χ0v) is 24.3. The van der Waals surface area contributed by atoms with Gasteiger partial charge < -0.3 is 20.1 Å². The van der Waals surface area contributed by atoms with E-state index in [1.54, 1.807) is 11.3 Å². The zero-order chi connectivity index (χ0) is 27.8. The molecule has 3 aromatic heterocycles. The molecule has 0 unspecified atom stereocenters. The number of amides is 1. The fraction of sp³-hybridized carbons (Fsp3) is 0.400. The zero-order valence-electron chi connectivity index (χ0n) is 23.5. The Kier molecular flexibility index (Phi) is 7.55. The van der Waals surface area contributed by atoms with E-state index in [1.165, 1.54) is 0 Å². The summed E-state index contributed by atoms with van der Waals surface area (Å²) in [5.41, 5.74) is 6.20. The van der Waals surface area contributed by atoms with Crippen LogP contribution in [-0.2, 0) is 6.54 Å². The van der Waals surface area contributed by atoms with Crippen LogP contribution < -0.4 is 15.8 Å². The molecule has 1 amide bonds. The van der Waals surface area contributed by atoms with Crippen LogP contribution in [-0.4, -0.2) is 59.0 Å². The second-order valence-corrected chi connectivity index (χ2v) is 11.8. The molecule has 4 aromatic rings. The van der Waals surface area contributed by atoms with Gasteiger partial charge in [0.1, 0.15) is 5.82 Å². The van der Waals surface area contributed by atoms with E-state index in [4.69, 9.17) is 9.97 Å². The van der Waals surface area contributed by atoms with Gasteiger partial charge in [-0.1, -0.05) is 13.8 Å². The number of piperazine rings is 1. The molecule has 0 atom stereocenters. The number of hydrogen-bond donors (Lipinski definition) is 2. The highest BCUT2D eigenvalue weighted by Crippen LogP contribution is 2.38. The van der Waals surface area contributed by atoms with Gasteiger partial charge in [-0.25, -0.2) is 9.97 Å². The van der Waals surface area contributed by atoms with Crippen molar-refractivity contribution in [1.29, 1.82) is 0 Å². The highest BCUT2D eigenvalue weighted by atomic mass is 32.1. The lowest BCUT2D eigenvalue weighted by Gasteiger charge is -2.33. The van der Waals surface area contributed by atoms with E-state index in [2.05, 4.69) is 53.1 Å². The number of carbonyl (C=O) groups excluding carboxylic acids is 1. The number of hydrogen-bond acceptors (Lipinski definition) is 7. The normalized spacial score (nSPS) is 14.4. The number of rotatable bonds is 6. The van der Waals surface area contributed by atoms with Crippen molar-refractivity contribution in [3.63, 3.8) is 0 Å². The molecule has 1 aliphatic rings. The second kappa shape index (κ2) is 10.9. The van der Waals surface area contributed by atoms with Gasteiger partial charge in [0.2, 0.25) is 0 Å². The van der Waals surface area contributed by atoms with Crippen molar-refractivity contribution >= 4 is 33.3 Å². The van der Waals surface area contributed by atoms with Crippen LogP contribution in [0.5, 0.6) is 0 Å². The molecule has 0 aliphatic carbocycles. The molecule has 204 valence electrons. The third-order valence-corrected chi connectivity index (χ3v) is 8.87. The number of aryl methyl sites for hydroxylation is 3. The Hall–Kier alpha value is -3.56. The molecule has 0 saturated carbocycles. The summed E-state index contributed by atoms with van der Waals surface area (Å²) in [4.78, 5) is 43.2. The molecule has 5 rings (SSSR count). The molecular weight excluding hydrogens is 508 g/mol. The first-order valence-corrected chi connectivity index (χ1v) is 14.3.